The highest BCUT2D eigenvalue weighted by Gasteiger charge is 2.35. The Hall–Kier alpha value is -2.89. The number of nitrogens with zero attached hydrogens (tertiary/aromatic N) is 2. The average molecular weight is 382 g/mol. The highest BCUT2D eigenvalue weighted by molar-refractivity contribution is 6.01. The second-order valence-electron chi connectivity index (χ2n) is 7.32. The topological polar surface area (TPSA) is 51.1 Å². The van der Waals surface area contributed by atoms with E-state index < -0.39 is 0 Å². The number of ether oxygens (including phenoxy) is 1. The molecular weight excluding hydrogens is 359 g/mol. The van der Waals surface area contributed by atoms with E-state index in [1.165, 1.54) is 12.1 Å². The summed E-state index contributed by atoms with van der Waals surface area (Å²) in [6, 6.07) is 14.1. The van der Waals surface area contributed by atoms with E-state index in [1.807, 2.05) is 35.2 Å². The number of oxime groups is 1. The molecule has 0 saturated heterocycles. The maximum Gasteiger partial charge on any atom is 0.226 e. The normalized spacial score (nSPS) is 18.4. The molecule has 6 heteroatoms. The van der Waals surface area contributed by atoms with Gasteiger partial charge in [0.05, 0.1) is 19.4 Å². The number of methoxy groups -OCH3 is 1. The molecule has 0 aromatic heterocycles. The van der Waals surface area contributed by atoms with Crippen molar-refractivity contribution in [2.45, 2.75) is 31.9 Å². The van der Waals surface area contributed by atoms with Crippen LogP contribution in [0.3, 0.4) is 0 Å². The van der Waals surface area contributed by atoms with Crippen LogP contribution in [-0.2, 0) is 16.2 Å². The van der Waals surface area contributed by atoms with Crippen molar-refractivity contribution >= 4 is 11.6 Å². The SMILES string of the molecule is COc1cccc(CN(CC2CC(c3cccc(F)c3)=NO2)C(=O)C2CC2)c1. The van der Waals surface area contributed by atoms with Crippen molar-refractivity contribution < 1.29 is 18.8 Å². The lowest BCUT2D eigenvalue weighted by Crippen LogP contribution is -2.38. The molecule has 1 amide bonds. The summed E-state index contributed by atoms with van der Waals surface area (Å²) >= 11 is 0. The first-order valence-electron chi connectivity index (χ1n) is 9.52. The summed E-state index contributed by atoms with van der Waals surface area (Å²) in [6.07, 6.45) is 2.22. The smallest absolute Gasteiger partial charge is 0.226 e. The third kappa shape index (κ3) is 4.32. The molecule has 1 unspecified atom stereocenters. The molecule has 1 aliphatic heterocycles. The lowest BCUT2D eigenvalue weighted by molar-refractivity contribution is -0.135. The molecule has 4 rings (SSSR count). The average Bonchev–Trinajstić information content (AvgIpc) is 3.46. The van der Waals surface area contributed by atoms with Gasteiger partial charge in [-0.3, -0.25) is 4.79 Å². The largest absolute Gasteiger partial charge is 0.497 e. The molecule has 1 heterocycles. The summed E-state index contributed by atoms with van der Waals surface area (Å²) in [5.41, 5.74) is 2.44. The van der Waals surface area contributed by atoms with Crippen molar-refractivity contribution in [1.29, 1.82) is 0 Å². The highest BCUT2D eigenvalue weighted by Crippen LogP contribution is 2.32. The van der Waals surface area contributed by atoms with E-state index in [9.17, 15) is 9.18 Å². The number of hydrogen-bond donors (Lipinski definition) is 0. The molecule has 2 aromatic carbocycles. The number of rotatable bonds is 7. The molecule has 0 N–H and O–H groups in total. The molecule has 5 nitrogen and oxygen atoms in total. The second kappa shape index (κ2) is 8.00. The van der Waals surface area contributed by atoms with E-state index in [1.54, 1.807) is 13.2 Å². The summed E-state index contributed by atoms with van der Waals surface area (Å²) in [7, 11) is 1.63. The summed E-state index contributed by atoms with van der Waals surface area (Å²) in [5.74, 6) is 0.749. The zero-order valence-electron chi connectivity index (χ0n) is 15.8. The Bertz CT molecular complexity index is 895. The van der Waals surface area contributed by atoms with Crippen molar-refractivity contribution in [2.75, 3.05) is 13.7 Å². The fraction of sp³-hybridized carbons (Fsp3) is 0.364. The maximum absolute atomic E-state index is 13.5. The predicted molar refractivity (Wildman–Crippen MR) is 104 cm³/mol. The van der Waals surface area contributed by atoms with E-state index in [0.29, 0.717) is 25.2 Å². The van der Waals surface area contributed by atoms with Crippen molar-refractivity contribution in [1.82, 2.24) is 4.90 Å². The minimum Gasteiger partial charge on any atom is -0.497 e. The van der Waals surface area contributed by atoms with E-state index in [2.05, 4.69) is 5.16 Å². The fourth-order valence-corrected chi connectivity index (χ4v) is 3.42. The summed E-state index contributed by atoms with van der Waals surface area (Å²) in [4.78, 5) is 20.2. The lowest BCUT2D eigenvalue weighted by atomic mass is 10.0. The molecule has 1 saturated carbocycles. The molecule has 2 aromatic rings. The first-order valence-corrected chi connectivity index (χ1v) is 9.52. The summed E-state index contributed by atoms with van der Waals surface area (Å²) < 4.78 is 18.8. The van der Waals surface area contributed by atoms with Crippen molar-refractivity contribution in [2.24, 2.45) is 11.1 Å². The third-order valence-corrected chi connectivity index (χ3v) is 5.06. The van der Waals surface area contributed by atoms with Gasteiger partial charge in [-0.1, -0.05) is 29.4 Å². The van der Waals surface area contributed by atoms with Crippen LogP contribution in [0.25, 0.3) is 0 Å². The molecule has 0 radical (unpaired) electrons. The van der Waals surface area contributed by atoms with Crippen molar-refractivity contribution in [3.63, 3.8) is 0 Å². The number of carbonyl (C=O) groups is 1. The summed E-state index contributed by atoms with van der Waals surface area (Å²) in [5, 5.41) is 4.13. The van der Waals surface area contributed by atoms with E-state index in [4.69, 9.17) is 9.57 Å². The third-order valence-electron chi connectivity index (χ3n) is 5.06. The van der Waals surface area contributed by atoms with E-state index >= 15 is 0 Å². The van der Waals surface area contributed by atoms with Crippen LogP contribution in [0, 0.1) is 11.7 Å². The molecule has 1 fully saturated rings. The second-order valence-corrected chi connectivity index (χ2v) is 7.32. The van der Waals surface area contributed by atoms with Crippen molar-refractivity contribution in [3.8, 4) is 5.75 Å². The van der Waals surface area contributed by atoms with Gasteiger partial charge in [-0.05, 0) is 42.7 Å². The standard InChI is InChI=1S/C22H23FN2O3/c1-27-19-7-2-4-15(10-19)13-25(22(26)16-8-9-16)14-20-12-21(24-28-20)17-5-3-6-18(23)11-17/h2-7,10-11,16,20H,8-9,12-14H2,1H3. The van der Waals surface area contributed by atoms with E-state index in [0.717, 1.165) is 29.7 Å². The van der Waals surface area contributed by atoms with Gasteiger partial charge in [-0.25, -0.2) is 4.39 Å². The number of halogens is 1. The predicted octanol–water partition coefficient (Wildman–Crippen LogP) is 3.77. The van der Waals surface area contributed by atoms with E-state index in [-0.39, 0.29) is 23.7 Å². The first-order chi connectivity index (χ1) is 13.6. The Morgan fingerprint density at radius 1 is 1.25 bits per heavy atom. The van der Waals surface area contributed by atoms with Gasteiger partial charge < -0.3 is 14.5 Å². The minimum absolute atomic E-state index is 0.121. The molecule has 1 aliphatic carbocycles. The van der Waals surface area contributed by atoms with Gasteiger partial charge in [-0.2, -0.15) is 0 Å². The molecule has 28 heavy (non-hydrogen) atoms. The van der Waals surface area contributed by atoms with Gasteiger partial charge in [0.2, 0.25) is 5.91 Å². The van der Waals surface area contributed by atoms with Gasteiger partial charge in [0.1, 0.15) is 11.6 Å². The van der Waals surface area contributed by atoms with Gasteiger partial charge in [-0.15, -0.1) is 0 Å². The van der Waals surface area contributed by atoms with Gasteiger partial charge in [0.15, 0.2) is 6.10 Å². The Labute approximate surface area is 163 Å². The fourth-order valence-electron chi connectivity index (χ4n) is 3.42. The molecule has 2 aliphatic rings. The lowest BCUT2D eigenvalue weighted by Gasteiger charge is -2.25. The van der Waals surface area contributed by atoms with Gasteiger partial charge in [0, 0.05) is 24.4 Å². The first kappa shape index (κ1) is 18.5. The quantitative estimate of drug-likeness (QED) is 0.733. The van der Waals surface area contributed by atoms with Crippen LogP contribution in [-0.4, -0.2) is 36.3 Å². The highest BCUT2D eigenvalue weighted by atomic mass is 19.1. The zero-order chi connectivity index (χ0) is 19.5. The molecule has 1 atom stereocenters. The van der Waals surface area contributed by atoms with Gasteiger partial charge in [0.25, 0.3) is 0 Å². The van der Waals surface area contributed by atoms with Crippen LogP contribution in [0.15, 0.2) is 53.7 Å². The zero-order valence-corrected chi connectivity index (χ0v) is 15.8. The summed E-state index contributed by atoms with van der Waals surface area (Å²) in [6.45, 7) is 0.955. The van der Waals surface area contributed by atoms with Crippen LogP contribution >= 0.6 is 0 Å². The Morgan fingerprint density at radius 2 is 2.07 bits per heavy atom. The van der Waals surface area contributed by atoms with Crippen molar-refractivity contribution in [3.05, 3.63) is 65.5 Å². The van der Waals surface area contributed by atoms with Gasteiger partial charge >= 0.3 is 0 Å². The molecular formula is C22H23FN2O3. The Balaban J connectivity index is 1.44. The molecule has 146 valence electrons. The molecule has 0 bridgehead atoms. The number of carbonyl (C=O) groups excluding carboxylic acids is 1. The Morgan fingerprint density at radius 3 is 2.82 bits per heavy atom. The number of hydrogen-bond acceptors (Lipinski definition) is 4. The molecule has 0 spiro atoms. The minimum atomic E-state index is -0.299. The van der Waals surface area contributed by atoms with Crippen LogP contribution in [0.4, 0.5) is 4.39 Å². The van der Waals surface area contributed by atoms with Crippen LogP contribution in [0.1, 0.15) is 30.4 Å². The van der Waals surface area contributed by atoms with Crippen LogP contribution in [0.5, 0.6) is 5.75 Å². The van der Waals surface area contributed by atoms with Crippen LogP contribution < -0.4 is 4.74 Å². The Kier molecular flexibility index (Phi) is 5.28. The number of amides is 1. The van der Waals surface area contributed by atoms with Crippen LogP contribution in [0.2, 0.25) is 0 Å². The monoisotopic (exact) mass is 382 g/mol. The maximum atomic E-state index is 13.5. The number of benzene rings is 2.